The number of nitrogens with two attached hydrogens (primary N) is 1. The van der Waals surface area contributed by atoms with Crippen molar-refractivity contribution < 1.29 is 25.9 Å². The first-order chi connectivity index (χ1) is 7.57. The van der Waals surface area contributed by atoms with E-state index in [1.54, 1.807) is 0 Å². The minimum atomic E-state index is -4.68. The molecule has 0 aromatic heterocycles. The molecule has 9 heteroatoms. The molecule has 1 aromatic rings. The summed E-state index contributed by atoms with van der Waals surface area (Å²) < 4.78 is 61.5. The van der Waals surface area contributed by atoms with E-state index in [1.807, 2.05) is 0 Å². The maximum Gasteiger partial charge on any atom is 0.296 e. The first-order valence-electron chi connectivity index (χ1n) is 4.08. The maximum absolute atomic E-state index is 11.0. The molecular formula is C8H9NO6S2. The van der Waals surface area contributed by atoms with Gasteiger partial charge in [0.25, 0.3) is 20.2 Å². The molecule has 1 rings (SSSR count). The van der Waals surface area contributed by atoms with Crippen LogP contribution in [0.2, 0.25) is 0 Å². The third-order valence-electron chi connectivity index (χ3n) is 1.92. The van der Waals surface area contributed by atoms with Crippen molar-refractivity contribution in [3.8, 4) is 0 Å². The second-order valence-electron chi connectivity index (χ2n) is 3.08. The van der Waals surface area contributed by atoms with Gasteiger partial charge in [-0.25, -0.2) is 0 Å². The predicted octanol–water partition coefficient (Wildman–Crippen LogP) is 0.405. The molecule has 0 aliphatic heterocycles. The summed E-state index contributed by atoms with van der Waals surface area (Å²) in [5.41, 5.74) is 4.91. The van der Waals surface area contributed by atoms with Crippen LogP contribution in [-0.2, 0) is 20.2 Å². The van der Waals surface area contributed by atoms with Gasteiger partial charge in [0.1, 0.15) is 9.79 Å². The number of hydrogen-bond donors (Lipinski definition) is 3. The Morgan fingerprint density at radius 3 is 1.88 bits per heavy atom. The summed E-state index contributed by atoms with van der Waals surface area (Å²) in [6.45, 7) is 3.29. The monoisotopic (exact) mass is 279 g/mol. The van der Waals surface area contributed by atoms with Crippen molar-refractivity contribution in [1.82, 2.24) is 0 Å². The molecule has 7 nitrogen and oxygen atoms in total. The van der Waals surface area contributed by atoms with E-state index in [0.29, 0.717) is 6.07 Å². The standard InChI is InChI=1S/C8H9NO6S2/c1-2-5-3-6(9)8(17(13,14)15)4-7(5)16(10,11)12/h2-4H,1,9H2,(H,10,11,12)(H,13,14,15). The molecule has 0 atom stereocenters. The zero-order valence-electron chi connectivity index (χ0n) is 8.36. The molecular weight excluding hydrogens is 270 g/mol. The largest absolute Gasteiger partial charge is 0.398 e. The highest BCUT2D eigenvalue weighted by Gasteiger charge is 2.22. The summed E-state index contributed by atoms with van der Waals surface area (Å²) in [6, 6.07) is 1.54. The SMILES string of the molecule is C=Cc1cc(N)c(S(=O)(=O)O)cc1S(=O)(=O)O. The van der Waals surface area contributed by atoms with E-state index >= 15 is 0 Å². The highest BCUT2D eigenvalue weighted by atomic mass is 32.2. The molecule has 0 saturated carbocycles. The van der Waals surface area contributed by atoms with Crippen LogP contribution in [-0.4, -0.2) is 25.9 Å². The second-order valence-corrected chi connectivity index (χ2v) is 5.86. The van der Waals surface area contributed by atoms with Crippen LogP contribution in [0.4, 0.5) is 5.69 Å². The van der Waals surface area contributed by atoms with Crippen LogP contribution < -0.4 is 5.73 Å². The summed E-state index contributed by atoms with van der Waals surface area (Å²) in [7, 11) is -9.32. The Hall–Kier alpha value is -1.42. The van der Waals surface area contributed by atoms with Gasteiger partial charge in [0.15, 0.2) is 0 Å². The van der Waals surface area contributed by atoms with Gasteiger partial charge in [-0.2, -0.15) is 16.8 Å². The molecule has 0 aliphatic rings. The van der Waals surface area contributed by atoms with E-state index in [4.69, 9.17) is 14.8 Å². The third-order valence-corrected chi connectivity index (χ3v) is 3.74. The third kappa shape index (κ3) is 2.82. The number of nitrogen functional groups attached to an aromatic ring is 1. The summed E-state index contributed by atoms with van der Waals surface area (Å²) >= 11 is 0. The average Bonchev–Trinajstić information content (AvgIpc) is 2.13. The summed E-state index contributed by atoms with van der Waals surface area (Å²) in [5.74, 6) is 0. The normalized spacial score (nSPS) is 12.4. The Bertz CT molecular complexity index is 674. The summed E-state index contributed by atoms with van der Waals surface area (Å²) in [5, 5.41) is 0. The van der Waals surface area contributed by atoms with Crippen molar-refractivity contribution in [1.29, 1.82) is 0 Å². The molecule has 0 aliphatic carbocycles. The lowest BCUT2D eigenvalue weighted by molar-refractivity contribution is 0.481. The molecule has 4 N–H and O–H groups in total. The second kappa shape index (κ2) is 4.11. The Balaban J connectivity index is 3.79. The zero-order valence-corrected chi connectivity index (χ0v) is 9.99. The minimum Gasteiger partial charge on any atom is -0.398 e. The fourth-order valence-corrected chi connectivity index (χ4v) is 2.61. The van der Waals surface area contributed by atoms with Crippen LogP contribution in [0.15, 0.2) is 28.5 Å². The van der Waals surface area contributed by atoms with Gasteiger partial charge in [-0.3, -0.25) is 9.11 Å². The molecule has 0 fully saturated rings. The lowest BCUT2D eigenvalue weighted by Gasteiger charge is -2.08. The Labute approximate surface area is 98.1 Å². The highest BCUT2D eigenvalue weighted by molar-refractivity contribution is 7.86. The van der Waals surface area contributed by atoms with Crippen molar-refractivity contribution in [2.45, 2.75) is 9.79 Å². The Kier molecular flexibility index (Phi) is 3.30. The first-order valence-corrected chi connectivity index (χ1v) is 6.96. The molecule has 0 unspecified atom stereocenters. The Morgan fingerprint density at radius 2 is 1.53 bits per heavy atom. The highest BCUT2D eigenvalue weighted by Crippen LogP contribution is 2.26. The van der Waals surface area contributed by atoms with E-state index in [1.165, 1.54) is 0 Å². The van der Waals surface area contributed by atoms with E-state index in [9.17, 15) is 16.8 Å². The molecule has 0 spiro atoms. The fourth-order valence-electron chi connectivity index (χ4n) is 1.20. The van der Waals surface area contributed by atoms with Gasteiger partial charge in [-0.05, 0) is 17.7 Å². The van der Waals surface area contributed by atoms with E-state index in [0.717, 1.165) is 12.1 Å². The molecule has 0 saturated heterocycles. The van der Waals surface area contributed by atoms with Gasteiger partial charge in [0, 0.05) is 0 Å². The lowest BCUT2D eigenvalue weighted by Crippen LogP contribution is -2.08. The van der Waals surface area contributed by atoms with Crippen LogP contribution in [0.25, 0.3) is 6.08 Å². The van der Waals surface area contributed by atoms with Gasteiger partial charge in [-0.1, -0.05) is 12.7 Å². The van der Waals surface area contributed by atoms with Crippen molar-refractivity contribution in [3.05, 3.63) is 24.3 Å². The molecule has 0 heterocycles. The van der Waals surface area contributed by atoms with Gasteiger partial charge >= 0.3 is 0 Å². The lowest BCUT2D eigenvalue weighted by atomic mass is 10.2. The van der Waals surface area contributed by atoms with Gasteiger partial charge in [0.2, 0.25) is 0 Å². The molecule has 17 heavy (non-hydrogen) atoms. The average molecular weight is 279 g/mol. The van der Waals surface area contributed by atoms with Crippen LogP contribution in [0.5, 0.6) is 0 Å². The van der Waals surface area contributed by atoms with Gasteiger partial charge in [-0.15, -0.1) is 0 Å². The van der Waals surface area contributed by atoms with Crippen molar-refractivity contribution in [3.63, 3.8) is 0 Å². The molecule has 0 amide bonds. The fraction of sp³-hybridized carbons (Fsp3) is 0. The minimum absolute atomic E-state index is 0.0719. The Morgan fingerprint density at radius 1 is 1.06 bits per heavy atom. The van der Waals surface area contributed by atoms with Gasteiger partial charge < -0.3 is 5.73 Å². The van der Waals surface area contributed by atoms with Crippen LogP contribution in [0, 0.1) is 0 Å². The molecule has 94 valence electrons. The van der Waals surface area contributed by atoms with Crippen LogP contribution in [0.1, 0.15) is 5.56 Å². The van der Waals surface area contributed by atoms with Crippen LogP contribution in [0.3, 0.4) is 0 Å². The smallest absolute Gasteiger partial charge is 0.296 e. The topological polar surface area (TPSA) is 135 Å². The van der Waals surface area contributed by atoms with E-state index < -0.39 is 30.0 Å². The first kappa shape index (κ1) is 13.6. The van der Waals surface area contributed by atoms with Crippen molar-refractivity contribution >= 4 is 32.0 Å². The van der Waals surface area contributed by atoms with E-state index in [-0.39, 0.29) is 11.3 Å². The van der Waals surface area contributed by atoms with Crippen LogP contribution >= 0.6 is 0 Å². The molecule has 0 bridgehead atoms. The predicted molar refractivity (Wildman–Crippen MR) is 60.6 cm³/mol. The number of rotatable bonds is 3. The zero-order chi connectivity index (χ0) is 13.4. The number of benzene rings is 1. The van der Waals surface area contributed by atoms with Crippen molar-refractivity contribution in [2.75, 3.05) is 5.73 Å². The summed E-state index contributed by atoms with van der Waals surface area (Å²) in [4.78, 5) is -1.50. The maximum atomic E-state index is 11.0. The quantitative estimate of drug-likeness (QED) is 0.538. The van der Waals surface area contributed by atoms with E-state index in [2.05, 4.69) is 6.58 Å². The summed E-state index contributed by atoms with van der Waals surface area (Å²) in [6.07, 6.45) is 1.08. The van der Waals surface area contributed by atoms with Gasteiger partial charge in [0.05, 0.1) is 5.69 Å². The number of anilines is 1. The molecule has 0 radical (unpaired) electrons. The van der Waals surface area contributed by atoms with Crippen molar-refractivity contribution in [2.24, 2.45) is 0 Å². The molecule has 1 aromatic carbocycles. The number of hydrogen-bond acceptors (Lipinski definition) is 5.